The fraction of sp³-hybridized carbons (Fsp3) is 0.333. The lowest BCUT2D eigenvalue weighted by Crippen LogP contribution is -2.16. The van der Waals surface area contributed by atoms with Crippen molar-refractivity contribution in [2.45, 2.75) is 13.0 Å². The van der Waals surface area contributed by atoms with Gasteiger partial charge < -0.3 is 4.74 Å². The minimum absolute atomic E-state index is 0.138. The lowest BCUT2D eigenvalue weighted by atomic mass is 10.2. The summed E-state index contributed by atoms with van der Waals surface area (Å²) in [6.07, 6.45) is 1.92. The molecule has 12 heavy (non-hydrogen) atoms. The van der Waals surface area contributed by atoms with Crippen LogP contribution in [0, 0.1) is 0 Å². The fourth-order valence-corrected chi connectivity index (χ4v) is 0.677. The lowest BCUT2D eigenvalue weighted by molar-refractivity contribution is -0.217. The molecule has 1 aliphatic rings. The Labute approximate surface area is 69.3 Å². The zero-order valence-electron chi connectivity index (χ0n) is 6.60. The normalized spacial score (nSPS) is 15.1. The van der Waals surface area contributed by atoms with Gasteiger partial charge in [0.15, 0.2) is 0 Å². The Morgan fingerprint density at radius 3 is 2.83 bits per heavy atom. The van der Waals surface area contributed by atoms with Crippen LogP contribution in [0.3, 0.4) is 0 Å². The maximum Gasteiger partial charge on any atom is 0.353 e. The molecule has 64 valence electrons. The Hall–Kier alpha value is -1.14. The number of allylic oxidation sites excluding steroid dienone is 2. The van der Waals surface area contributed by atoms with Crippen LogP contribution >= 0.6 is 0 Å². The molecule has 0 saturated carbocycles. The third-order valence-corrected chi connectivity index (χ3v) is 1.19. The lowest BCUT2D eigenvalue weighted by Gasteiger charge is -2.10. The highest BCUT2D eigenvalue weighted by molar-refractivity contribution is 5.25. The SMILES string of the molecule is CC(F)(F)OCC1=C=C=CC=C1. The first-order chi connectivity index (χ1) is 5.58. The summed E-state index contributed by atoms with van der Waals surface area (Å²) in [7, 11) is 0. The Bertz CT molecular complexity index is 284. The second kappa shape index (κ2) is 3.51. The van der Waals surface area contributed by atoms with E-state index in [-0.39, 0.29) is 6.61 Å². The summed E-state index contributed by atoms with van der Waals surface area (Å²) in [5.41, 5.74) is 5.87. The van der Waals surface area contributed by atoms with Crippen LogP contribution in [0.1, 0.15) is 6.92 Å². The number of hydrogen-bond donors (Lipinski definition) is 0. The van der Waals surface area contributed by atoms with E-state index in [0.29, 0.717) is 12.5 Å². The van der Waals surface area contributed by atoms with Crippen LogP contribution in [0.5, 0.6) is 0 Å². The third-order valence-electron chi connectivity index (χ3n) is 1.19. The molecule has 0 aromatic rings. The van der Waals surface area contributed by atoms with E-state index in [1.165, 1.54) is 0 Å². The van der Waals surface area contributed by atoms with Crippen LogP contribution in [-0.2, 0) is 4.74 Å². The molecule has 0 aliphatic heterocycles. The van der Waals surface area contributed by atoms with E-state index in [9.17, 15) is 8.78 Å². The summed E-state index contributed by atoms with van der Waals surface area (Å²) >= 11 is 0. The Morgan fingerprint density at radius 2 is 2.33 bits per heavy atom. The standard InChI is InChI=1S/C9H8F2O/c1-9(10,11)12-7-8-5-3-2-4-6-8/h2-3,5H,7H2,1H3. The molecular weight excluding hydrogens is 162 g/mol. The molecule has 0 aromatic heterocycles. The van der Waals surface area contributed by atoms with Crippen molar-refractivity contribution in [3.8, 4) is 0 Å². The molecule has 0 N–H and O–H groups in total. The zero-order valence-corrected chi connectivity index (χ0v) is 6.60. The first-order valence-corrected chi connectivity index (χ1v) is 3.47. The predicted molar refractivity (Wildman–Crippen MR) is 40.8 cm³/mol. The monoisotopic (exact) mass is 170 g/mol. The van der Waals surface area contributed by atoms with Gasteiger partial charge in [0.05, 0.1) is 6.61 Å². The van der Waals surface area contributed by atoms with Crippen LogP contribution in [0.25, 0.3) is 0 Å². The van der Waals surface area contributed by atoms with Gasteiger partial charge in [-0.2, -0.15) is 8.78 Å². The number of halogens is 2. The molecule has 0 spiro atoms. The van der Waals surface area contributed by atoms with Crippen molar-refractivity contribution in [1.82, 2.24) is 0 Å². The fourth-order valence-electron chi connectivity index (χ4n) is 0.677. The van der Waals surface area contributed by atoms with Gasteiger partial charge in [-0.3, -0.25) is 0 Å². The van der Waals surface area contributed by atoms with E-state index in [2.05, 4.69) is 16.2 Å². The van der Waals surface area contributed by atoms with Crippen molar-refractivity contribution in [1.29, 1.82) is 0 Å². The number of rotatable bonds is 3. The summed E-state index contributed by atoms with van der Waals surface area (Å²) in [6, 6.07) is 0. The molecule has 0 fully saturated rings. The second-order valence-corrected chi connectivity index (χ2v) is 2.42. The van der Waals surface area contributed by atoms with Crippen LogP contribution in [0.4, 0.5) is 8.78 Å². The highest BCUT2D eigenvalue weighted by Gasteiger charge is 2.21. The predicted octanol–water partition coefficient (Wildman–Crippen LogP) is 2.42. The molecule has 0 unspecified atom stereocenters. The van der Waals surface area contributed by atoms with Gasteiger partial charge in [-0.15, -0.1) is 0 Å². The van der Waals surface area contributed by atoms with Crippen molar-refractivity contribution >= 4 is 0 Å². The van der Waals surface area contributed by atoms with Gasteiger partial charge in [-0.1, -0.05) is 17.5 Å². The van der Waals surface area contributed by atoms with E-state index in [0.717, 1.165) is 0 Å². The molecule has 0 amide bonds. The molecule has 0 radical (unpaired) electrons. The van der Waals surface area contributed by atoms with Crippen molar-refractivity contribution in [3.05, 3.63) is 35.3 Å². The van der Waals surface area contributed by atoms with Gasteiger partial charge in [0.1, 0.15) is 0 Å². The second-order valence-electron chi connectivity index (χ2n) is 2.42. The van der Waals surface area contributed by atoms with Gasteiger partial charge >= 0.3 is 6.11 Å². The summed E-state index contributed by atoms with van der Waals surface area (Å²) in [4.78, 5) is 0. The average Bonchev–Trinajstić information content (AvgIpc) is 2.02. The first-order valence-electron chi connectivity index (χ1n) is 3.47. The zero-order chi connectivity index (χ0) is 9.03. The molecule has 0 atom stereocenters. The van der Waals surface area contributed by atoms with Gasteiger partial charge in [0, 0.05) is 12.5 Å². The van der Waals surface area contributed by atoms with Crippen molar-refractivity contribution in [2.75, 3.05) is 6.61 Å². The molecule has 3 heteroatoms. The Balaban J connectivity index is 2.49. The van der Waals surface area contributed by atoms with Gasteiger partial charge in [0.2, 0.25) is 0 Å². The van der Waals surface area contributed by atoms with E-state index < -0.39 is 6.11 Å². The quantitative estimate of drug-likeness (QED) is 0.591. The largest absolute Gasteiger partial charge is 0.353 e. The van der Waals surface area contributed by atoms with E-state index >= 15 is 0 Å². The highest BCUT2D eigenvalue weighted by Crippen LogP contribution is 2.14. The summed E-state index contributed by atoms with van der Waals surface area (Å²) < 4.78 is 28.6. The molecule has 1 rings (SSSR count). The number of alkyl halides is 2. The highest BCUT2D eigenvalue weighted by atomic mass is 19.3. The van der Waals surface area contributed by atoms with Gasteiger partial charge in [0.25, 0.3) is 0 Å². The first kappa shape index (κ1) is 8.95. The van der Waals surface area contributed by atoms with Gasteiger partial charge in [-0.05, 0) is 12.2 Å². The summed E-state index contributed by atoms with van der Waals surface area (Å²) in [6.45, 7) is 0.570. The van der Waals surface area contributed by atoms with Crippen LogP contribution in [-0.4, -0.2) is 12.7 Å². The molecule has 0 saturated heterocycles. The summed E-state index contributed by atoms with van der Waals surface area (Å²) in [5, 5.41) is 0. The van der Waals surface area contributed by atoms with Crippen molar-refractivity contribution < 1.29 is 13.5 Å². The molecule has 0 aromatic carbocycles. The van der Waals surface area contributed by atoms with E-state index in [4.69, 9.17) is 0 Å². The van der Waals surface area contributed by atoms with Crippen molar-refractivity contribution in [2.24, 2.45) is 0 Å². The van der Waals surface area contributed by atoms with Crippen molar-refractivity contribution in [3.63, 3.8) is 0 Å². The van der Waals surface area contributed by atoms with E-state index in [1.807, 2.05) is 0 Å². The smallest absolute Gasteiger partial charge is 0.315 e. The van der Waals surface area contributed by atoms with Crippen LogP contribution in [0.15, 0.2) is 35.3 Å². The maximum absolute atomic E-state index is 12.2. The van der Waals surface area contributed by atoms with Crippen LogP contribution < -0.4 is 0 Å². The Kier molecular flexibility index (Phi) is 2.61. The molecule has 1 aliphatic carbocycles. The number of hydrogen-bond acceptors (Lipinski definition) is 1. The van der Waals surface area contributed by atoms with Gasteiger partial charge in [-0.25, -0.2) is 0 Å². The Morgan fingerprint density at radius 1 is 1.58 bits per heavy atom. The maximum atomic E-state index is 12.2. The molecule has 0 bridgehead atoms. The van der Waals surface area contributed by atoms with E-state index in [1.54, 1.807) is 18.2 Å². The number of ether oxygens (including phenoxy) is 1. The minimum atomic E-state index is -3.08. The third kappa shape index (κ3) is 3.31. The topological polar surface area (TPSA) is 9.23 Å². The molecule has 0 heterocycles. The minimum Gasteiger partial charge on any atom is -0.315 e. The summed E-state index contributed by atoms with van der Waals surface area (Å²) in [5.74, 6) is 0. The average molecular weight is 170 g/mol. The van der Waals surface area contributed by atoms with Crippen LogP contribution in [0.2, 0.25) is 0 Å². The molecule has 1 nitrogen and oxygen atoms in total. The molecular formula is C9H8F2O.